The number of hydrogen-bond acceptors (Lipinski definition) is 4. The van der Waals surface area contributed by atoms with Crippen LogP contribution in [0.3, 0.4) is 0 Å². The number of alkyl halides is 3. The van der Waals surface area contributed by atoms with Gasteiger partial charge in [0.05, 0.1) is 16.2 Å². The average Bonchev–Trinajstić information content (AvgIpc) is 2.72. The van der Waals surface area contributed by atoms with Crippen molar-refractivity contribution in [1.29, 1.82) is 0 Å². The molecule has 3 rings (SSSR count). The standard InChI is InChI=1S/C19H17F4N3O3S/c20-14-4-2-5-16(12-14)24-18(27)29-25-15-7-9-26(10-8-15)30(28)17-6-1-3-13(11-17)19(21,22)23/h1-6,11-12H,7-10H2,(H,24,27). The molecule has 1 amide bonds. The van der Waals surface area contributed by atoms with E-state index in [1.807, 2.05) is 0 Å². The van der Waals surface area contributed by atoms with Gasteiger partial charge in [0.1, 0.15) is 16.8 Å². The van der Waals surface area contributed by atoms with Gasteiger partial charge in [0, 0.05) is 31.6 Å². The van der Waals surface area contributed by atoms with Crippen LogP contribution in [0, 0.1) is 5.82 Å². The quantitative estimate of drug-likeness (QED) is 0.428. The Morgan fingerprint density at radius 3 is 2.47 bits per heavy atom. The van der Waals surface area contributed by atoms with E-state index in [4.69, 9.17) is 4.84 Å². The lowest BCUT2D eigenvalue weighted by Gasteiger charge is -2.26. The summed E-state index contributed by atoms with van der Waals surface area (Å²) >= 11 is 0. The highest BCUT2D eigenvalue weighted by Crippen LogP contribution is 2.30. The van der Waals surface area contributed by atoms with E-state index in [9.17, 15) is 26.6 Å². The summed E-state index contributed by atoms with van der Waals surface area (Å²) in [5, 5.41) is 6.08. The van der Waals surface area contributed by atoms with Gasteiger partial charge in [0.2, 0.25) is 0 Å². The van der Waals surface area contributed by atoms with Crippen LogP contribution in [0.5, 0.6) is 0 Å². The van der Waals surface area contributed by atoms with Crippen LogP contribution in [0.15, 0.2) is 58.6 Å². The molecule has 1 aliphatic heterocycles. The predicted octanol–water partition coefficient (Wildman–Crippen LogP) is 4.57. The van der Waals surface area contributed by atoms with E-state index >= 15 is 0 Å². The number of nitrogens with zero attached hydrogens (tertiary/aromatic N) is 2. The number of anilines is 1. The summed E-state index contributed by atoms with van der Waals surface area (Å²) in [6.07, 6.45) is -4.73. The van der Waals surface area contributed by atoms with Crippen LogP contribution >= 0.6 is 0 Å². The molecule has 2 aromatic rings. The molecular weight excluding hydrogens is 426 g/mol. The third-order valence-electron chi connectivity index (χ3n) is 4.23. The fourth-order valence-corrected chi connectivity index (χ4v) is 3.98. The van der Waals surface area contributed by atoms with Gasteiger partial charge in [-0.2, -0.15) is 13.2 Å². The van der Waals surface area contributed by atoms with Crippen molar-refractivity contribution in [3.8, 4) is 0 Å². The van der Waals surface area contributed by atoms with Crippen LogP contribution < -0.4 is 5.32 Å². The zero-order valence-corrected chi connectivity index (χ0v) is 16.3. The molecule has 1 unspecified atom stereocenters. The molecule has 1 fully saturated rings. The second kappa shape index (κ2) is 9.35. The second-order valence-electron chi connectivity index (χ2n) is 6.38. The largest absolute Gasteiger partial charge is 0.437 e. The molecule has 0 aromatic heterocycles. The maximum atomic E-state index is 13.1. The van der Waals surface area contributed by atoms with Crippen LogP contribution in [0.4, 0.5) is 28.0 Å². The number of rotatable bonds is 4. The molecule has 11 heteroatoms. The molecule has 1 heterocycles. The summed E-state index contributed by atoms with van der Waals surface area (Å²) < 4.78 is 65.7. The Morgan fingerprint density at radius 1 is 1.10 bits per heavy atom. The smallest absolute Gasteiger partial charge is 0.298 e. The Morgan fingerprint density at radius 2 is 1.80 bits per heavy atom. The number of halogens is 4. The molecule has 1 saturated heterocycles. The third kappa shape index (κ3) is 5.86. The van der Waals surface area contributed by atoms with Gasteiger partial charge < -0.3 is 0 Å². The van der Waals surface area contributed by atoms with Gasteiger partial charge in [-0.3, -0.25) is 10.2 Å². The summed E-state index contributed by atoms with van der Waals surface area (Å²) in [6.45, 7) is 0.549. The molecule has 160 valence electrons. The van der Waals surface area contributed by atoms with Crippen molar-refractivity contribution in [1.82, 2.24) is 4.31 Å². The first-order valence-corrected chi connectivity index (χ1v) is 9.96. The topological polar surface area (TPSA) is 71.0 Å². The summed E-state index contributed by atoms with van der Waals surface area (Å²) in [7, 11) is -1.75. The highest BCUT2D eigenvalue weighted by atomic mass is 32.2. The molecule has 1 aliphatic rings. The third-order valence-corrected chi connectivity index (χ3v) is 5.72. The fraction of sp³-hybridized carbons (Fsp3) is 0.263. The minimum Gasteiger partial charge on any atom is -0.298 e. The lowest BCUT2D eigenvalue weighted by molar-refractivity contribution is -0.137. The predicted molar refractivity (Wildman–Crippen MR) is 103 cm³/mol. The van der Waals surface area contributed by atoms with Crippen LogP contribution in [0.1, 0.15) is 18.4 Å². The van der Waals surface area contributed by atoms with Crippen molar-refractivity contribution >= 4 is 28.5 Å². The normalized spacial score (nSPS) is 16.1. The van der Waals surface area contributed by atoms with Gasteiger partial charge >= 0.3 is 12.3 Å². The molecule has 0 saturated carbocycles. The Labute approximate surface area is 172 Å². The zero-order chi connectivity index (χ0) is 21.7. The molecule has 6 nitrogen and oxygen atoms in total. The Hall–Kier alpha value is -2.79. The van der Waals surface area contributed by atoms with E-state index in [1.54, 1.807) is 0 Å². The number of amides is 1. The number of hydrogen-bond donors (Lipinski definition) is 1. The monoisotopic (exact) mass is 443 g/mol. The molecule has 0 spiro atoms. The molecule has 1 N–H and O–H groups in total. The Kier molecular flexibility index (Phi) is 6.83. The molecule has 0 aliphatic carbocycles. The zero-order valence-electron chi connectivity index (χ0n) is 15.5. The van der Waals surface area contributed by atoms with E-state index in [0.29, 0.717) is 18.6 Å². The van der Waals surface area contributed by atoms with E-state index in [-0.39, 0.29) is 23.7 Å². The molecule has 0 radical (unpaired) electrons. The van der Waals surface area contributed by atoms with Crippen LogP contribution in [0.2, 0.25) is 0 Å². The van der Waals surface area contributed by atoms with Crippen molar-refractivity contribution in [2.45, 2.75) is 23.9 Å². The molecule has 30 heavy (non-hydrogen) atoms. The van der Waals surface area contributed by atoms with Gasteiger partial charge in [-0.25, -0.2) is 17.7 Å². The first-order chi connectivity index (χ1) is 14.2. The summed E-state index contributed by atoms with van der Waals surface area (Å²) in [4.78, 5) is 16.5. The van der Waals surface area contributed by atoms with E-state index in [2.05, 4.69) is 10.5 Å². The number of carbonyl (C=O) groups excluding carboxylic acids is 1. The van der Waals surface area contributed by atoms with Gasteiger partial charge in [-0.1, -0.05) is 17.3 Å². The fourth-order valence-electron chi connectivity index (χ4n) is 2.74. The van der Waals surface area contributed by atoms with Crippen molar-refractivity contribution < 1.29 is 31.4 Å². The van der Waals surface area contributed by atoms with Gasteiger partial charge in [0.15, 0.2) is 0 Å². The first-order valence-electron chi connectivity index (χ1n) is 8.86. The Bertz CT molecular complexity index is 971. The van der Waals surface area contributed by atoms with E-state index in [1.165, 1.54) is 34.6 Å². The lowest BCUT2D eigenvalue weighted by atomic mass is 10.1. The average molecular weight is 443 g/mol. The highest BCUT2D eigenvalue weighted by Gasteiger charge is 2.31. The minimum atomic E-state index is -4.51. The number of oxime groups is 1. The lowest BCUT2D eigenvalue weighted by Crippen LogP contribution is -2.35. The number of piperidine rings is 1. The van der Waals surface area contributed by atoms with Crippen LogP contribution in [0.25, 0.3) is 0 Å². The van der Waals surface area contributed by atoms with Gasteiger partial charge in [-0.15, -0.1) is 0 Å². The van der Waals surface area contributed by atoms with Crippen molar-refractivity contribution in [3.63, 3.8) is 0 Å². The molecule has 2 aromatic carbocycles. The van der Waals surface area contributed by atoms with Gasteiger partial charge in [-0.05, 0) is 36.4 Å². The van der Waals surface area contributed by atoms with Crippen molar-refractivity contribution in [3.05, 3.63) is 59.9 Å². The van der Waals surface area contributed by atoms with Gasteiger partial charge in [0.25, 0.3) is 0 Å². The maximum Gasteiger partial charge on any atom is 0.437 e. The van der Waals surface area contributed by atoms with E-state index in [0.717, 1.165) is 18.2 Å². The summed E-state index contributed by atoms with van der Waals surface area (Å²) in [5.74, 6) is -0.514. The molecule has 0 bridgehead atoms. The molecule has 1 atom stereocenters. The summed E-state index contributed by atoms with van der Waals surface area (Å²) in [6, 6.07) is 9.67. The second-order valence-corrected chi connectivity index (χ2v) is 7.86. The molecular formula is C19H17F4N3O3S. The summed E-state index contributed by atoms with van der Waals surface area (Å²) in [5.41, 5.74) is -0.0986. The Balaban J connectivity index is 1.53. The number of nitrogens with one attached hydrogen (secondary N) is 1. The first kappa shape index (κ1) is 21.9. The number of carbonyl (C=O) groups is 1. The minimum absolute atomic E-state index is 0.0657. The number of benzene rings is 2. The van der Waals surface area contributed by atoms with Crippen molar-refractivity contribution in [2.24, 2.45) is 5.16 Å². The highest BCUT2D eigenvalue weighted by molar-refractivity contribution is 7.82. The maximum absolute atomic E-state index is 13.1. The van der Waals surface area contributed by atoms with Crippen LogP contribution in [-0.4, -0.2) is 33.4 Å². The SMILES string of the molecule is O=C(Nc1cccc(F)c1)ON=C1CCN(S(=O)c2cccc(C(F)(F)F)c2)CC1. The van der Waals surface area contributed by atoms with E-state index < -0.39 is 34.6 Å². The van der Waals surface area contributed by atoms with Crippen LogP contribution in [-0.2, 0) is 22.0 Å². The van der Waals surface area contributed by atoms with Crippen molar-refractivity contribution in [2.75, 3.05) is 18.4 Å².